The highest BCUT2D eigenvalue weighted by Gasteiger charge is 2.31. The number of hydrogen-bond acceptors (Lipinski definition) is 5. The molecule has 3 N–H and O–H groups in total. The van der Waals surface area contributed by atoms with Crippen molar-refractivity contribution in [3.63, 3.8) is 0 Å². The molecule has 1 amide bonds. The van der Waals surface area contributed by atoms with E-state index in [4.69, 9.17) is 0 Å². The molecular formula is C14H19ClN4O3S. The molecule has 0 radical (unpaired) electrons. The zero-order chi connectivity index (χ0) is 15.7. The molecule has 1 fully saturated rings. The molecule has 0 saturated carbocycles. The van der Waals surface area contributed by atoms with Crippen LogP contribution in [-0.4, -0.2) is 45.3 Å². The minimum absolute atomic E-state index is 0. The second kappa shape index (κ2) is 6.86. The number of nitrogens with zero attached hydrogens (tertiary/aromatic N) is 1. The molecule has 2 aliphatic rings. The molecule has 1 saturated heterocycles. The Balaban J connectivity index is 0.00000192. The first-order valence-electron chi connectivity index (χ1n) is 7.18. The third-order valence-corrected chi connectivity index (χ3v) is 5.17. The number of rotatable bonds is 3. The summed E-state index contributed by atoms with van der Waals surface area (Å²) in [6, 6.07) is 6.05. The summed E-state index contributed by atoms with van der Waals surface area (Å²) in [7, 11) is -3.57. The Hall–Kier alpha value is -1.64. The van der Waals surface area contributed by atoms with Crippen LogP contribution in [0.25, 0.3) is 0 Å². The number of nitrogens with one attached hydrogen (secondary N) is 3. The monoisotopic (exact) mass is 358 g/mol. The van der Waals surface area contributed by atoms with Gasteiger partial charge in [0.15, 0.2) is 0 Å². The van der Waals surface area contributed by atoms with Crippen molar-refractivity contribution in [3.8, 4) is 0 Å². The number of aliphatic imine (C=N–C) groups is 1. The summed E-state index contributed by atoms with van der Waals surface area (Å²) < 4.78 is 26.4. The third-order valence-electron chi connectivity index (χ3n) is 3.77. The molecule has 1 aromatic carbocycles. The summed E-state index contributed by atoms with van der Waals surface area (Å²) >= 11 is 0. The summed E-state index contributed by atoms with van der Waals surface area (Å²) in [5, 5.41) is 6.08. The van der Waals surface area contributed by atoms with Crippen LogP contribution in [0.2, 0.25) is 0 Å². The van der Waals surface area contributed by atoms with E-state index < -0.39 is 16.1 Å². The van der Waals surface area contributed by atoms with Crippen LogP contribution in [0.15, 0.2) is 34.2 Å². The van der Waals surface area contributed by atoms with Crippen LogP contribution in [0.3, 0.4) is 0 Å². The van der Waals surface area contributed by atoms with E-state index in [1.54, 1.807) is 25.1 Å². The maximum absolute atomic E-state index is 12.1. The Morgan fingerprint density at radius 2 is 2.13 bits per heavy atom. The topological polar surface area (TPSA) is 99.7 Å². The molecule has 3 rings (SSSR count). The highest BCUT2D eigenvalue weighted by molar-refractivity contribution is 7.90. The second-order valence-electron chi connectivity index (χ2n) is 5.45. The zero-order valence-electron chi connectivity index (χ0n) is 12.6. The van der Waals surface area contributed by atoms with Gasteiger partial charge in [-0.15, -0.1) is 12.4 Å². The Labute approximate surface area is 141 Å². The maximum Gasteiger partial charge on any atom is 0.263 e. The minimum Gasteiger partial charge on any atom is -0.350 e. The summed E-state index contributed by atoms with van der Waals surface area (Å²) in [4.78, 5) is 16.6. The van der Waals surface area contributed by atoms with Gasteiger partial charge < -0.3 is 10.6 Å². The zero-order valence-corrected chi connectivity index (χ0v) is 14.2. The first kappa shape index (κ1) is 17.7. The molecule has 1 aromatic rings. The third kappa shape index (κ3) is 3.65. The van der Waals surface area contributed by atoms with Gasteiger partial charge in [-0.05, 0) is 32.0 Å². The number of amidine groups is 1. The van der Waals surface area contributed by atoms with E-state index in [2.05, 4.69) is 20.3 Å². The van der Waals surface area contributed by atoms with Crippen LogP contribution in [0.4, 0.5) is 0 Å². The molecule has 0 spiro atoms. The van der Waals surface area contributed by atoms with E-state index >= 15 is 0 Å². The SMILES string of the molecule is CC(N=C1NS(=O)(=O)c2ccccc21)C(=O)NC1CCNC1.Cl. The lowest BCUT2D eigenvalue weighted by molar-refractivity contribution is -0.122. The standard InChI is InChI=1S/C14H18N4O3S.ClH/c1-9(14(19)17-10-6-7-15-8-10)16-13-11-4-2-3-5-12(11)22(20,21)18-13;/h2-5,9-10,15H,6-8H2,1H3,(H,16,18)(H,17,19);1H. The number of carbonyl (C=O) groups excluding carboxylic acids is 1. The van der Waals surface area contributed by atoms with Crippen molar-refractivity contribution >= 4 is 34.2 Å². The highest BCUT2D eigenvalue weighted by Crippen LogP contribution is 2.22. The number of carbonyl (C=O) groups is 1. The van der Waals surface area contributed by atoms with Crippen LogP contribution in [0, 0.1) is 0 Å². The molecule has 2 unspecified atom stereocenters. The van der Waals surface area contributed by atoms with Gasteiger partial charge in [0.05, 0.1) is 4.90 Å². The predicted octanol–water partition coefficient (Wildman–Crippen LogP) is 0.0135. The van der Waals surface area contributed by atoms with Gasteiger partial charge in [0.1, 0.15) is 11.9 Å². The average molecular weight is 359 g/mol. The Kier molecular flexibility index (Phi) is 5.28. The van der Waals surface area contributed by atoms with Crippen molar-refractivity contribution in [1.82, 2.24) is 15.4 Å². The van der Waals surface area contributed by atoms with E-state index in [-0.39, 0.29) is 35.1 Å². The summed E-state index contributed by atoms with van der Waals surface area (Å²) in [5.41, 5.74) is 0.504. The molecule has 9 heteroatoms. The first-order chi connectivity index (χ1) is 10.5. The molecule has 2 heterocycles. The quantitative estimate of drug-likeness (QED) is 0.709. The van der Waals surface area contributed by atoms with Crippen molar-refractivity contribution in [1.29, 1.82) is 0 Å². The predicted molar refractivity (Wildman–Crippen MR) is 89.4 cm³/mol. The van der Waals surface area contributed by atoms with Crippen molar-refractivity contribution < 1.29 is 13.2 Å². The van der Waals surface area contributed by atoms with Gasteiger partial charge in [-0.25, -0.2) is 8.42 Å². The Morgan fingerprint density at radius 3 is 2.83 bits per heavy atom. The van der Waals surface area contributed by atoms with Gasteiger partial charge >= 0.3 is 0 Å². The minimum atomic E-state index is -3.57. The van der Waals surface area contributed by atoms with E-state index in [0.717, 1.165) is 19.5 Å². The van der Waals surface area contributed by atoms with Gasteiger partial charge in [0.25, 0.3) is 10.0 Å². The largest absolute Gasteiger partial charge is 0.350 e. The molecule has 23 heavy (non-hydrogen) atoms. The van der Waals surface area contributed by atoms with Crippen LogP contribution < -0.4 is 15.4 Å². The van der Waals surface area contributed by atoms with E-state index in [1.165, 1.54) is 6.07 Å². The normalized spacial score (nSPS) is 24.4. The average Bonchev–Trinajstić information content (AvgIpc) is 3.07. The number of fused-ring (bicyclic) bond motifs is 1. The molecule has 7 nitrogen and oxygen atoms in total. The summed E-state index contributed by atoms with van der Waals surface area (Å²) in [6.07, 6.45) is 0.893. The molecule has 0 aliphatic carbocycles. The van der Waals surface area contributed by atoms with Gasteiger partial charge in [0.2, 0.25) is 5.91 Å². The van der Waals surface area contributed by atoms with Gasteiger partial charge in [-0.3, -0.25) is 14.5 Å². The fourth-order valence-electron chi connectivity index (χ4n) is 2.58. The smallest absolute Gasteiger partial charge is 0.263 e. The van der Waals surface area contributed by atoms with Gasteiger partial charge in [-0.1, -0.05) is 12.1 Å². The van der Waals surface area contributed by atoms with Crippen molar-refractivity contribution in [2.75, 3.05) is 13.1 Å². The number of amides is 1. The van der Waals surface area contributed by atoms with Crippen LogP contribution in [-0.2, 0) is 14.8 Å². The highest BCUT2D eigenvalue weighted by atomic mass is 35.5. The van der Waals surface area contributed by atoms with Crippen molar-refractivity contribution in [2.24, 2.45) is 4.99 Å². The van der Waals surface area contributed by atoms with E-state index in [0.29, 0.717) is 5.56 Å². The fourth-order valence-corrected chi connectivity index (χ4v) is 3.82. The summed E-state index contributed by atoms with van der Waals surface area (Å²) in [6.45, 7) is 3.30. The number of sulfonamides is 1. The Bertz CT molecular complexity index is 729. The van der Waals surface area contributed by atoms with Gasteiger partial charge in [0, 0.05) is 18.2 Å². The number of halogens is 1. The molecule has 2 atom stereocenters. The molecule has 2 aliphatic heterocycles. The second-order valence-corrected chi connectivity index (χ2v) is 7.10. The number of benzene rings is 1. The molecule has 126 valence electrons. The molecular weight excluding hydrogens is 340 g/mol. The lowest BCUT2D eigenvalue weighted by Gasteiger charge is -2.14. The maximum atomic E-state index is 12.1. The fraction of sp³-hybridized carbons (Fsp3) is 0.429. The van der Waals surface area contributed by atoms with Crippen molar-refractivity contribution in [2.45, 2.75) is 30.3 Å². The summed E-state index contributed by atoms with van der Waals surface area (Å²) in [5.74, 6) is 0.0209. The molecule has 0 bridgehead atoms. The van der Waals surface area contributed by atoms with Crippen LogP contribution in [0.5, 0.6) is 0 Å². The lowest BCUT2D eigenvalue weighted by Crippen LogP contribution is -2.41. The van der Waals surface area contributed by atoms with Gasteiger partial charge in [-0.2, -0.15) is 0 Å². The lowest BCUT2D eigenvalue weighted by atomic mass is 10.2. The molecule has 0 aromatic heterocycles. The van der Waals surface area contributed by atoms with E-state index in [1.807, 2.05) is 0 Å². The first-order valence-corrected chi connectivity index (χ1v) is 8.67. The van der Waals surface area contributed by atoms with Crippen LogP contribution >= 0.6 is 12.4 Å². The van der Waals surface area contributed by atoms with Crippen molar-refractivity contribution in [3.05, 3.63) is 29.8 Å². The Morgan fingerprint density at radius 1 is 1.39 bits per heavy atom. The van der Waals surface area contributed by atoms with Crippen LogP contribution in [0.1, 0.15) is 18.9 Å². The number of hydrogen-bond donors (Lipinski definition) is 3. The van der Waals surface area contributed by atoms with E-state index in [9.17, 15) is 13.2 Å².